The first-order valence-corrected chi connectivity index (χ1v) is 6.77. The van der Waals surface area contributed by atoms with Gasteiger partial charge in [-0.3, -0.25) is 9.59 Å². The van der Waals surface area contributed by atoms with Crippen LogP contribution in [-0.4, -0.2) is 33.7 Å². The smallest absolute Gasteiger partial charge is 0.240 e. The Hall–Kier alpha value is -0.330. The van der Waals surface area contributed by atoms with E-state index in [1.807, 2.05) is 6.92 Å². The van der Waals surface area contributed by atoms with E-state index in [-0.39, 0.29) is 11.8 Å². The molecule has 0 aromatic rings. The number of carbonyl (C=O) groups excluding carboxylic acids is 2. The molecule has 0 unspecified atom stereocenters. The Balaban J connectivity index is 2.68. The van der Waals surface area contributed by atoms with Crippen molar-refractivity contribution in [1.82, 2.24) is 4.90 Å². The Morgan fingerprint density at radius 3 is 2.80 bits per heavy atom. The minimum absolute atomic E-state index is 0.0777. The van der Waals surface area contributed by atoms with Gasteiger partial charge in [-0.25, -0.2) is 0 Å². The lowest BCUT2D eigenvalue weighted by atomic mass is 10.1. The number of nitrogens with zero attached hydrogens (tertiary/aromatic N) is 1. The molecule has 2 N–H and O–H groups in total. The van der Waals surface area contributed by atoms with Crippen LogP contribution in [0.5, 0.6) is 0 Å². The quantitative estimate of drug-likeness (QED) is 0.604. The largest absolute Gasteiger partial charge is 0.368 e. The Morgan fingerprint density at radius 1 is 1.73 bits per heavy atom. The van der Waals surface area contributed by atoms with Crippen LogP contribution < -0.4 is 5.73 Å². The van der Waals surface area contributed by atoms with Gasteiger partial charge in [0.25, 0.3) is 0 Å². The molecular weight excluding hydrogens is 307 g/mol. The summed E-state index contributed by atoms with van der Waals surface area (Å²) in [6.45, 7) is 2.68. The number of rotatable bonds is 5. The molecule has 1 aliphatic heterocycles. The van der Waals surface area contributed by atoms with Crippen LogP contribution in [0.25, 0.3) is 0 Å². The molecule has 5 heteroatoms. The zero-order chi connectivity index (χ0) is 11.4. The summed E-state index contributed by atoms with van der Waals surface area (Å²) < 4.78 is 0.956. The highest BCUT2D eigenvalue weighted by molar-refractivity contribution is 14.1. The van der Waals surface area contributed by atoms with Crippen molar-refractivity contribution in [2.24, 2.45) is 11.7 Å². The second-order valence-corrected chi connectivity index (χ2v) is 4.86. The normalized spacial score (nSPS) is 23.2. The van der Waals surface area contributed by atoms with Gasteiger partial charge in [-0.05, 0) is 12.3 Å². The predicted molar refractivity (Wildman–Crippen MR) is 66.6 cm³/mol. The number of primary amides is 1. The van der Waals surface area contributed by atoms with Crippen LogP contribution >= 0.6 is 22.6 Å². The molecule has 2 atom stereocenters. The predicted octanol–water partition coefficient (Wildman–Crippen LogP) is 0.924. The second kappa shape index (κ2) is 5.67. The summed E-state index contributed by atoms with van der Waals surface area (Å²) in [4.78, 5) is 24.6. The molecule has 0 radical (unpaired) electrons. The highest BCUT2D eigenvalue weighted by Gasteiger charge is 2.35. The third kappa shape index (κ3) is 3.06. The fraction of sp³-hybridized carbons (Fsp3) is 0.800. The molecule has 0 bridgehead atoms. The van der Waals surface area contributed by atoms with Gasteiger partial charge in [-0.1, -0.05) is 35.9 Å². The zero-order valence-corrected chi connectivity index (χ0v) is 11.1. The van der Waals surface area contributed by atoms with Gasteiger partial charge >= 0.3 is 0 Å². The lowest BCUT2D eigenvalue weighted by Gasteiger charge is -2.25. The van der Waals surface area contributed by atoms with Gasteiger partial charge in [0, 0.05) is 17.4 Å². The molecule has 2 amide bonds. The van der Waals surface area contributed by atoms with E-state index >= 15 is 0 Å². The van der Waals surface area contributed by atoms with E-state index in [1.165, 1.54) is 0 Å². The molecule has 0 aliphatic carbocycles. The van der Waals surface area contributed by atoms with Gasteiger partial charge < -0.3 is 10.6 Å². The summed E-state index contributed by atoms with van der Waals surface area (Å²) in [7, 11) is 0. The van der Waals surface area contributed by atoms with Gasteiger partial charge in [0.15, 0.2) is 0 Å². The topological polar surface area (TPSA) is 63.4 Å². The van der Waals surface area contributed by atoms with Crippen molar-refractivity contribution in [2.45, 2.75) is 32.2 Å². The highest BCUT2D eigenvalue weighted by atomic mass is 127. The minimum Gasteiger partial charge on any atom is -0.368 e. The third-order valence-electron chi connectivity index (χ3n) is 2.72. The maximum atomic E-state index is 11.7. The molecule has 0 saturated carbocycles. The summed E-state index contributed by atoms with van der Waals surface area (Å²) in [5.74, 6) is 0.0880. The molecule has 1 rings (SSSR count). The molecule has 86 valence electrons. The van der Waals surface area contributed by atoms with Crippen molar-refractivity contribution in [3.63, 3.8) is 0 Å². The minimum atomic E-state index is -0.393. The number of carbonyl (C=O) groups is 2. The van der Waals surface area contributed by atoms with Crippen LogP contribution in [0.3, 0.4) is 0 Å². The molecule has 0 aromatic carbocycles. The lowest BCUT2D eigenvalue weighted by Crippen LogP contribution is -2.45. The van der Waals surface area contributed by atoms with Crippen LogP contribution in [-0.2, 0) is 9.59 Å². The SMILES string of the molecule is CCC[C@H](C(N)=O)N1C[C@H](CI)CC1=O. The fourth-order valence-corrected chi connectivity index (χ4v) is 2.53. The molecule has 15 heavy (non-hydrogen) atoms. The van der Waals surface area contributed by atoms with E-state index in [2.05, 4.69) is 22.6 Å². The first kappa shape index (κ1) is 12.7. The average molecular weight is 324 g/mol. The first-order chi connectivity index (χ1) is 7.10. The average Bonchev–Trinajstić information content (AvgIpc) is 2.55. The number of hydrogen-bond donors (Lipinski definition) is 1. The molecule has 1 saturated heterocycles. The van der Waals surface area contributed by atoms with E-state index in [9.17, 15) is 9.59 Å². The van der Waals surface area contributed by atoms with Crippen molar-refractivity contribution in [1.29, 1.82) is 0 Å². The van der Waals surface area contributed by atoms with Gasteiger partial charge in [-0.15, -0.1) is 0 Å². The van der Waals surface area contributed by atoms with Crippen LogP contribution in [0.15, 0.2) is 0 Å². The van der Waals surface area contributed by atoms with E-state index in [0.29, 0.717) is 25.3 Å². The first-order valence-electron chi connectivity index (χ1n) is 5.24. The van der Waals surface area contributed by atoms with E-state index < -0.39 is 6.04 Å². The maximum absolute atomic E-state index is 11.7. The summed E-state index contributed by atoms with van der Waals surface area (Å²) in [6.07, 6.45) is 2.11. The number of amides is 2. The maximum Gasteiger partial charge on any atom is 0.240 e. The zero-order valence-electron chi connectivity index (χ0n) is 8.91. The van der Waals surface area contributed by atoms with Gasteiger partial charge in [0.05, 0.1) is 0 Å². The van der Waals surface area contributed by atoms with Gasteiger partial charge in [0.2, 0.25) is 11.8 Å². The van der Waals surface area contributed by atoms with Crippen molar-refractivity contribution in [2.75, 3.05) is 11.0 Å². The Morgan fingerprint density at radius 2 is 2.40 bits per heavy atom. The number of likely N-dealkylation sites (tertiary alicyclic amines) is 1. The van der Waals surface area contributed by atoms with Crippen molar-refractivity contribution >= 4 is 34.4 Å². The number of halogens is 1. The van der Waals surface area contributed by atoms with Crippen molar-refractivity contribution < 1.29 is 9.59 Å². The van der Waals surface area contributed by atoms with Crippen molar-refractivity contribution in [3.8, 4) is 0 Å². The third-order valence-corrected chi connectivity index (χ3v) is 3.97. The molecular formula is C10H17IN2O2. The standard InChI is InChI=1S/C10H17IN2O2/c1-2-3-8(10(12)15)13-6-7(5-11)4-9(13)14/h7-8H,2-6H2,1H3,(H2,12,15)/t7-,8+/m0/s1. The Kier molecular flexibility index (Phi) is 4.82. The number of hydrogen-bond acceptors (Lipinski definition) is 2. The molecule has 0 spiro atoms. The molecule has 4 nitrogen and oxygen atoms in total. The van der Waals surface area contributed by atoms with Crippen LogP contribution in [0, 0.1) is 5.92 Å². The summed E-state index contributed by atoms with van der Waals surface area (Å²) in [5, 5.41) is 0. The Bertz CT molecular complexity index is 258. The summed E-state index contributed by atoms with van der Waals surface area (Å²) in [5.41, 5.74) is 5.32. The van der Waals surface area contributed by atoms with E-state index in [1.54, 1.807) is 4.90 Å². The van der Waals surface area contributed by atoms with Gasteiger partial charge in [0.1, 0.15) is 6.04 Å². The molecule has 1 heterocycles. The van der Waals surface area contributed by atoms with Crippen LogP contribution in [0.1, 0.15) is 26.2 Å². The Labute approximate surface area is 104 Å². The molecule has 1 fully saturated rings. The molecule has 1 aliphatic rings. The van der Waals surface area contributed by atoms with Crippen LogP contribution in [0.2, 0.25) is 0 Å². The number of nitrogens with two attached hydrogens (primary N) is 1. The second-order valence-electron chi connectivity index (χ2n) is 3.98. The lowest BCUT2D eigenvalue weighted by molar-refractivity contribution is -0.136. The summed E-state index contributed by atoms with van der Waals surface area (Å²) in [6, 6.07) is -0.393. The highest BCUT2D eigenvalue weighted by Crippen LogP contribution is 2.23. The van der Waals surface area contributed by atoms with E-state index in [4.69, 9.17) is 5.73 Å². The van der Waals surface area contributed by atoms with Crippen LogP contribution in [0.4, 0.5) is 0 Å². The fourth-order valence-electron chi connectivity index (χ4n) is 1.94. The van der Waals surface area contributed by atoms with Crippen molar-refractivity contribution in [3.05, 3.63) is 0 Å². The number of alkyl halides is 1. The molecule has 0 aromatic heterocycles. The van der Waals surface area contributed by atoms with E-state index in [0.717, 1.165) is 10.8 Å². The summed E-state index contributed by atoms with van der Waals surface area (Å²) >= 11 is 2.28. The monoisotopic (exact) mass is 324 g/mol. The van der Waals surface area contributed by atoms with Gasteiger partial charge in [-0.2, -0.15) is 0 Å².